The number of nitro benzene ring substituents is 1. The van der Waals surface area contributed by atoms with Gasteiger partial charge in [0.05, 0.1) is 16.9 Å². The molecule has 0 aromatic heterocycles. The standard InChI is InChI=1S/C13H15N3O4/c17-8-2-4-11(12(6-8)16(19)20)15-13(18)9-5-7-1-3-10(9)14-7/h2,4,6-7,9-10,14,17H,1,3,5H2,(H,15,18). The van der Waals surface area contributed by atoms with Crippen LogP contribution in [0.4, 0.5) is 11.4 Å². The number of aromatic hydroxyl groups is 1. The fraction of sp³-hybridized carbons (Fsp3) is 0.462. The Balaban J connectivity index is 1.78. The van der Waals surface area contributed by atoms with Crippen LogP contribution in [-0.4, -0.2) is 28.0 Å². The number of fused-ring (bicyclic) bond motifs is 2. The Morgan fingerprint density at radius 2 is 2.25 bits per heavy atom. The van der Waals surface area contributed by atoms with Crippen molar-refractivity contribution < 1.29 is 14.8 Å². The van der Waals surface area contributed by atoms with Crippen LogP contribution in [0.25, 0.3) is 0 Å². The zero-order valence-electron chi connectivity index (χ0n) is 10.7. The molecule has 2 fully saturated rings. The Bertz CT molecular complexity index is 575. The van der Waals surface area contributed by atoms with E-state index in [4.69, 9.17) is 0 Å². The second kappa shape index (κ2) is 4.75. The summed E-state index contributed by atoms with van der Waals surface area (Å²) < 4.78 is 0. The summed E-state index contributed by atoms with van der Waals surface area (Å²) in [6.07, 6.45) is 2.84. The van der Waals surface area contributed by atoms with Crippen molar-refractivity contribution in [2.75, 3.05) is 5.32 Å². The Hall–Kier alpha value is -2.15. The van der Waals surface area contributed by atoms with Crippen LogP contribution in [0.1, 0.15) is 19.3 Å². The van der Waals surface area contributed by atoms with Gasteiger partial charge in [-0.2, -0.15) is 0 Å². The van der Waals surface area contributed by atoms with E-state index in [9.17, 15) is 20.0 Å². The average Bonchev–Trinajstić information content (AvgIpc) is 3.03. The normalized spacial score (nSPS) is 27.5. The van der Waals surface area contributed by atoms with Crippen LogP contribution in [0.5, 0.6) is 5.75 Å². The molecule has 2 bridgehead atoms. The molecule has 0 spiro atoms. The molecule has 3 atom stereocenters. The number of benzene rings is 1. The number of anilines is 1. The van der Waals surface area contributed by atoms with Crippen molar-refractivity contribution in [3.63, 3.8) is 0 Å². The maximum absolute atomic E-state index is 12.2. The van der Waals surface area contributed by atoms with E-state index >= 15 is 0 Å². The quantitative estimate of drug-likeness (QED) is 0.440. The molecule has 20 heavy (non-hydrogen) atoms. The minimum atomic E-state index is -0.617. The Labute approximate surface area is 115 Å². The molecule has 3 N–H and O–H groups in total. The maximum Gasteiger partial charge on any atom is 0.296 e. The van der Waals surface area contributed by atoms with Gasteiger partial charge in [0, 0.05) is 12.1 Å². The lowest BCUT2D eigenvalue weighted by molar-refractivity contribution is -0.384. The number of rotatable bonds is 3. The summed E-state index contributed by atoms with van der Waals surface area (Å²) in [6.45, 7) is 0. The average molecular weight is 277 g/mol. The van der Waals surface area contributed by atoms with Gasteiger partial charge in [0.1, 0.15) is 11.4 Å². The summed E-state index contributed by atoms with van der Waals surface area (Å²) in [5.74, 6) is -0.531. The zero-order valence-corrected chi connectivity index (χ0v) is 10.7. The first-order chi connectivity index (χ1) is 9.54. The summed E-state index contributed by atoms with van der Waals surface area (Å²) in [5, 5.41) is 26.2. The second-order valence-electron chi connectivity index (χ2n) is 5.34. The van der Waals surface area contributed by atoms with Gasteiger partial charge in [-0.3, -0.25) is 14.9 Å². The Morgan fingerprint density at radius 3 is 2.85 bits per heavy atom. The summed E-state index contributed by atoms with van der Waals surface area (Å²) in [7, 11) is 0. The lowest BCUT2D eigenvalue weighted by atomic mass is 9.88. The molecule has 106 valence electrons. The second-order valence-corrected chi connectivity index (χ2v) is 5.34. The lowest BCUT2D eigenvalue weighted by Crippen LogP contribution is -2.32. The van der Waals surface area contributed by atoms with Crippen molar-refractivity contribution in [3.8, 4) is 5.75 Å². The number of carbonyl (C=O) groups is 1. The zero-order chi connectivity index (χ0) is 14.3. The van der Waals surface area contributed by atoms with E-state index in [1.807, 2.05) is 0 Å². The van der Waals surface area contributed by atoms with Gasteiger partial charge in [-0.1, -0.05) is 0 Å². The van der Waals surface area contributed by atoms with Crippen LogP contribution >= 0.6 is 0 Å². The molecule has 1 aromatic carbocycles. The molecule has 1 aromatic rings. The lowest BCUT2D eigenvalue weighted by Gasteiger charge is -2.19. The predicted molar refractivity (Wildman–Crippen MR) is 71.4 cm³/mol. The molecular weight excluding hydrogens is 262 g/mol. The number of hydrogen-bond acceptors (Lipinski definition) is 5. The van der Waals surface area contributed by atoms with Crippen molar-refractivity contribution in [3.05, 3.63) is 28.3 Å². The molecule has 7 heteroatoms. The first-order valence-corrected chi connectivity index (χ1v) is 6.59. The van der Waals surface area contributed by atoms with Crippen LogP contribution in [0.2, 0.25) is 0 Å². The molecule has 0 saturated carbocycles. The van der Waals surface area contributed by atoms with Gasteiger partial charge in [-0.25, -0.2) is 0 Å². The molecular formula is C13H15N3O4. The summed E-state index contributed by atoms with van der Waals surface area (Å²) >= 11 is 0. The van der Waals surface area contributed by atoms with Crippen molar-refractivity contribution in [1.82, 2.24) is 5.32 Å². The van der Waals surface area contributed by atoms with E-state index in [-0.39, 0.29) is 35.0 Å². The Morgan fingerprint density at radius 1 is 1.45 bits per heavy atom. The summed E-state index contributed by atoms with van der Waals surface area (Å²) in [5.41, 5.74) is -0.171. The molecule has 2 aliphatic rings. The largest absolute Gasteiger partial charge is 0.508 e. The fourth-order valence-corrected chi connectivity index (χ4v) is 3.12. The van der Waals surface area contributed by atoms with E-state index in [0.29, 0.717) is 6.04 Å². The third-order valence-corrected chi connectivity index (χ3v) is 4.07. The minimum absolute atomic E-state index is 0.126. The topological polar surface area (TPSA) is 104 Å². The van der Waals surface area contributed by atoms with Gasteiger partial charge < -0.3 is 15.7 Å². The molecule has 0 radical (unpaired) electrons. The van der Waals surface area contributed by atoms with Crippen molar-refractivity contribution in [2.45, 2.75) is 31.3 Å². The number of phenols is 1. The highest BCUT2D eigenvalue weighted by Crippen LogP contribution is 2.35. The number of hydrogen-bond donors (Lipinski definition) is 3. The van der Waals surface area contributed by atoms with Crippen molar-refractivity contribution >= 4 is 17.3 Å². The van der Waals surface area contributed by atoms with Crippen LogP contribution < -0.4 is 10.6 Å². The molecule has 3 unspecified atom stereocenters. The highest BCUT2D eigenvalue weighted by Gasteiger charge is 2.43. The van der Waals surface area contributed by atoms with Crippen molar-refractivity contribution in [2.24, 2.45) is 5.92 Å². The molecule has 2 saturated heterocycles. The first-order valence-electron chi connectivity index (χ1n) is 6.59. The van der Waals surface area contributed by atoms with Crippen LogP contribution in [0.15, 0.2) is 18.2 Å². The van der Waals surface area contributed by atoms with E-state index in [1.165, 1.54) is 12.1 Å². The number of phenolic OH excluding ortho intramolecular Hbond substituents is 1. The van der Waals surface area contributed by atoms with E-state index in [1.54, 1.807) is 0 Å². The molecule has 2 heterocycles. The molecule has 2 aliphatic heterocycles. The third-order valence-electron chi connectivity index (χ3n) is 4.07. The number of carbonyl (C=O) groups excluding carboxylic acids is 1. The van der Waals surface area contributed by atoms with Gasteiger partial charge in [0.15, 0.2) is 0 Å². The van der Waals surface area contributed by atoms with Gasteiger partial charge in [-0.15, -0.1) is 0 Å². The van der Waals surface area contributed by atoms with E-state index in [0.717, 1.165) is 25.3 Å². The first kappa shape index (κ1) is 12.9. The maximum atomic E-state index is 12.2. The summed E-state index contributed by atoms with van der Waals surface area (Å²) in [6, 6.07) is 4.28. The van der Waals surface area contributed by atoms with Crippen LogP contribution in [0, 0.1) is 16.0 Å². The van der Waals surface area contributed by atoms with Gasteiger partial charge in [0.25, 0.3) is 5.69 Å². The predicted octanol–water partition coefficient (Wildman–Crippen LogP) is 1.38. The monoisotopic (exact) mass is 277 g/mol. The van der Waals surface area contributed by atoms with Gasteiger partial charge >= 0.3 is 0 Å². The van der Waals surface area contributed by atoms with Gasteiger partial charge in [-0.05, 0) is 31.4 Å². The highest BCUT2D eigenvalue weighted by atomic mass is 16.6. The number of nitro groups is 1. The molecule has 7 nitrogen and oxygen atoms in total. The minimum Gasteiger partial charge on any atom is -0.508 e. The number of amides is 1. The van der Waals surface area contributed by atoms with Gasteiger partial charge in [0.2, 0.25) is 5.91 Å². The molecule has 1 amide bonds. The highest BCUT2D eigenvalue weighted by molar-refractivity contribution is 5.95. The van der Waals surface area contributed by atoms with Crippen LogP contribution in [0.3, 0.4) is 0 Å². The third kappa shape index (κ3) is 2.20. The van der Waals surface area contributed by atoms with Crippen LogP contribution in [-0.2, 0) is 4.79 Å². The molecule has 3 rings (SSSR count). The summed E-state index contributed by atoms with van der Waals surface area (Å²) in [4.78, 5) is 22.5. The number of nitrogens with zero attached hydrogens (tertiary/aromatic N) is 1. The van der Waals surface area contributed by atoms with E-state index in [2.05, 4.69) is 10.6 Å². The smallest absolute Gasteiger partial charge is 0.296 e. The fourth-order valence-electron chi connectivity index (χ4n) is 3.12. The van der Waals surface area contributed by atoms with Crippen molar-refractivity contribution in [1.29, 1.82) is 0 Å². The number of nitrogens with one attached hydrogen (secondary N) is 2. The SMILES string of the molecule is O=C(Nc1ccc(O)cc1[N+](=O)[O-])C1CC2CCC1N2. The molecule has 0 aliphatic carbocycles. The van der Waals surface area contributed by atoms with E-state index < -0.39 is 4.92 Å². The Kier molecular flexibility index (Phi) is 3.06.